The largest absolute Gasteiger partial charge is 0.491 e. The van der Waals surface area contributed by atoms with Crippen LogP contribution >= 0.6 is 0 Å². The van der Waals surface area contributed by atoms with E-state index in [4.69, 9.17) is 10.5 Å². The summed E-state index contributed by atoms with van der Waals surface area (Å²) in [5.41, 5.74) is 9.56. The number of carbonyl (C=O) groups is 1. The first kappa shape index (κ1) is 21.4. The average molecular weight is 431 g/mol. The SMILES string of the molecule is COc1cnc(-c2c(C)cn3c(C(N)=O)cccc23)nc1NCc1cccc(B(O)O)c1. The van der Waals surface area contributed by atoms with Crippen LogP contribution in [0.3, 0.4) is 0 Å². The van der Waals surface area contributed by atoms with Crippen molar-refractivity contribution in [2.75, 3.05) is 12.4 Å². The third-order valence-electron chi connectivity index (χ3n) is 5.16. The van der Waals surface area contributed by atoms with Crippen LogP contribution < -0.4 is 21.3 Å². The van der Waals surface area contributed by atoms with Crippen molar-refractivity contribution in [1.29, 1.82) is 0 Å². The number of methoxy groups -OCH3 is 1. The number of carbonyl (C=O) groups excluding carboxylic acids is 1. The molecule has 0 saturated carbocycles. The standard InChI is InChI=1S/C22H22BN5O4/c1-13-12-28-16(7-4-8-17(28)20(24)29)19(13)22-26-11-18(32-2)21(27-22)25-10-14-5-3-6-15(9-14)23(30)31/h3-9,11-12,30-31H,10H2,1-2H3,(H2,24,29)(H,25,26,27). The molecule has 10 heteroatoms. The van der Waals surface area contributed by atoms with Gasteiger partial charge in [-0.15, -0.1) is 0 Å². The third-order valence-corrected chi connectivity index (χ3v) is 5.16. The van der Waals surface area contributed by atoms with E-state index in [2.05, 4.69) is 15.3 Å². The lowest BCUT2D eigenvalue weighted by atomic mass is 9.80. The van der Waals surface area contributed by atoms with Crippen LogP contribution in [0.25, 0.3) is 16.9 Å². The number of amides is 1. The molecule has 0 saturated heterocycles. The fourth-order valence-corrected chi connectivity index (χ4v) is 3.63. The molecule has 0 aliphatic rings. The molecule has 3 aromatic heterocycles. The number of nitrogens with zero attached hydrogens (tertiary/aromatic N) is 3. The van der Waals surface area contributed by atoms with Crippen molar-refractivity contribution in [3.8, 4) is 17.1 Å². The molecule has 0 unspecified atom stereocenters. The molecule has 0 radical (unpaired) electrons. The van der Waals surface area contributed by atoms with Gasteiger partial charge in [0.2, 0.25) is 0 Å². The van der Waals surface area contributed by atoms with Crippen molar-refractivity contribution >= 4 is 29.8 Å². The van der Waals surface area contributed by atoms with Crippen LogP contribution in [-0.2, 0) is 6.54 Å². The van der Waals surface area contributed by atoms with Crippen molar-refractivity contribution in [1.82, 2.24) is 14.4 Å². The minimum Gasteiger partial charge on any atom is -0.491 e. The maximum Gasteiger partial charge on any atom is 0.488 e. The van der Waals surface area contributed by atoms with Gasteiger partial charge in [0.1, 0.15) is 5.69 Å². The number of benzene rings is 1. The Morgan fingerprint density at radius 1 is 1.25 bits per heavy atom. The summed E-state index contributed by atoms with van der Waals surface area (Å²) in [6, 6.07) is 12.3. The predicted molar refractivity (Wildman–Crippen MR) is 122 cm³/mol. The highest BCUT2D eigenvalue weighted by Gasteiger charge is 2.18. The summed E-state index contributed by atoms with van der Waals surface area (Å²) in [6.07, 6.45) is 3.41. The highest BCUT2D eigenvalue weighted by molar-refractivity contribution is 6.58. The zero-order chi connectivity index (χ0) is 22.8. The highest BCUT2D eigenvalue weighted by atomic mass is 16.5. The van der Waals surface area contributed by atoms with Crippen molar-refractivity contribution in [3.63, 3.8) is 0 Å². The summed E-state index contributed by atoms with van der Waals surface area (Å²) < 4.78 is 7.14. The smallest absolute Gasteiger partial charge is 0.488 e. The Balaban J connectivity index is 1.72. The summed E-state index contributed by atoms with van der Waals surface area (Å²) in [5, 5.41) is 22.0. The van der Waals surface area contributed by atoms with Crippen LogP contribution in [0.4, 0.5) is 5.82 Å². The first-order chi connectivity index (χ1) is 15.4. The number of fused-ring (bicyclic) bond motifs is 1. The minimum absolute atomic E-state index is 0.370. The molecule has 0 aliphatic heterocycles. The Labute approximate surface area is 184 Å². The summed E-state index contributed by atoms with van der Waals surface area (Å²) >= 11 is 0. The third kappa shape index (κ3) is 4.01. The second-order valence-corrected chi connectivity index (χ2v) is 7.30. The van der Waals surface area contributed by atoms with Crippen molar-refractivity contribution < 1.29 is 19.6 Å². The van der Waals surface area contributed by atoms with Crippen molar-refractivity contribution in [2.45, 2.75) is 13.5 Å². The van der Waals surface area contributed by atoms with Gasteiger partial charge in [-0.2, -0.15) is 0 Å². The van der Waals surface area contributed by atoms with Gasteiger partial charge in [-0.05, 0) is 35.6 Å². The Bertz CT molecular complexity index is 1300. The van der Waals surface area contributed by atoms with E-state index in [1.54, 1.807) is 40.9 Å². The maximum absolute atomic E-state index is 11.8. The molecular weight excluding hydrogens is 409 g/mol. The van der Waals surface area contributed by atoms with Crippen LogP contribution in [0.5, 0.6) is 5.75 Å². The number of nitrogens with one attached hydrogen (secondary N) is 1. The van der Waals surface area contributed by atoms with Gasteiger partial charge in [-0.1, -0.05) is 30.3 Å². The molecule has 4 aromatic rings. The molecule has 0 spiro atoms. The summed E-state index contributed by atoms with van der Waals surface area (Å²) in [6.45, 7) is 2.30. The van der Waals surface area contributed by atoms with Crippen molar-refractivity contribution in [3.05, 3.63) is 71.7 Å². The van der Waals surface area contributed by atoms with Gasteiger partial charge in [0.15, 0.2) is 17.4 Å². The number of ether oxygens (including phenoxy) is 1. The molecule has 0 aliphatic carbocycles. The van der Waals surface area contributed by atoms with Gasteiger partial charge in [0, 0.05) is 18.3 Å². The molecule has 1 aromatic carbocycles. The molecule has 32 heavy (non-hydrogen) atoms. The summed E-state index contributed by atoms with van der Waals surface area (Å²) in [5.74, 6) is 0.892. The fraction of sp³-hybridized carbons (Fsp3) is 0.136. The topological polar surface area (TPSA) is 135 Å². The average Bonchev–Trinajstić information content (AvgIpc) is 3.13. The number of rotatable bonds is 7. The van der Waals surface area contributed by atoms with Crippen LogP contribution in [0.2, 0.25) is 0 Å². The molecule has 1 amide bonds. The fourth-order valence-electron chi connectivity index (χ4n) is 3.63. The normalized spacial score (nSPS) is 10.9. The Hall–Kier alpha value is -3.89. The van der Waals surface area contributed by atoms with Gasteiger partial charge in [0.05, 0.1) is 18.8 Å². The Morgan fingerprint density at radius 2 is 2.03 bits per heavy atom. The minimum atomic E-state index is -1.54. The van der Waals surface area contributed by atoms with E-state index in [0.29, 0.717) is 35.1 Å². The van der Waals surface area contributed by atoms with E-state index in [1.807, 2.05) is 25.3 Å². The lowest BCUT2D eigenvalue weighted by Gasteiger charge is -2.12. The van der Waals surface area contributed by atoms with E-state index in [9.17, 15) is 14.8 Å². The molecule has 4 rings (SSSR count). The Kier molecular flexibility index (Phi) is 5.80. The first-order valence-corrected chi connectivity index (χ1v) is 9.89. The van der Waals surface area contributed by atoms with Gasteiger partial charge in [-0.25, -0.2) is 9.97 Å². The predicted octanol–water partition coefficient (Wildman–Crippen LogP) is 1.10. The molecule has 9 nitrogen and oxygen atoms in total. The quantitative estimate of drug-likeness (QED) is 0.322. The molecule has 0 fully saturated rings. The van der Waals surface area contributed by atoms with Crippen LogP contribution in [0.1, 0.15) is 21.6 Å². The number of aromatic nitrogens is 3. The molecule has 0 atom stereocenters. The number of aryl methyl sites for hydroxylation is 1. The van der Waals surface area contributed by atoms with E-state index >= 15 is 0 Å². The van der Waals surface area contributed by atoms with Gasteiger partial charge in [0.25, 0.3) is 5.91 Å². The number of anilines is 1. The summed E-state index contributed by atoms with van der Waals surface area (Å²) in [7, 11) is -0.00344. The zero-order valence-corrected chi connectivity index (χ0v) is 17.6. The molecule has 0 bridgehead atoms. The lowest BCUT2D eigenvalue weighted by molar-refractivity contribution is 0.0994. The van der Waals surface area contributed by atoms with Gasteiger partial charge in [-0.3, -0.25) is 4.79 Å². The monoisotopic (exact) mass is 431 g/mol. The molecular formula is C22H22BN5O4. The highest BCUT2D eigenvalue weighted by Crippen LogP contribution is 2.31. The molecule has 5 N–H and O–H groups in total. The van der Waals surface area contributed by atoms with Crippen LogP contribution in [0, 0.1) is 6.92 Å². The van der Waals surface area contributed by atoms with Crippen molar-refractivity contribution in [2.24, 2.45) is 5.73 Å². The second-order valence-electron chi connectivity index (χ2n) is 7.30. The first-order valence-electron chi connectivity index (χ1n) is 9.89. The number of pyridine rings is 1. The van der Waals surface area contributed by atoms with Gasteiger partial charge >= 0.3 is 7.12 Å². The van der Waals surface area contributed by atoms with E-state index in [1.165, 1.54) is 7.11 Å². The van der Waals surface area contributed by atoms with Crippen LogP contribution in [-0.4, -0.2) is 44.6 Å². The number of nitrogens with two attached hydrogens (primary N) is 1. The van der Waals surface area contributed by atoms with Crippen LogP contribution in [0.15, 0.2) is 54.9 Å². The Morgan fingerprint density at radius 3 is 2.75 bits per heavy atom. The number of hydrogen-bond acceptors (Lipinski definition) is 7. The lowest BCUT2D eigenvalue weighted by Crippen LogP contribution is -2.30. The van der Waals surface area contributed by atoms with Gasteiger partial charge < -0.3 is 30.2 Å². The molecule has 162 valence electrons. The number of hydrogen-bond donors (Lipinski definition) is 4. The zero-order valence-electron chi connectivity index (χ0n) is 17.6. The number of primary amides is 1. The van der Waals surface area contributed by atoms with E-state index < -0.39 is 13.0 Å². The maximum atomic E-state index is 11.8. The second kappa shape index (κ2) is 8.70. The van der Waals surface area contributed by atoms with E-state index in [-0.39, 0.29) is 0 Å². The summed E-state index contributed by atoms with van der Waals surface area (Å²) in [4.78, 5) is 20.9. The molecule has 3 heterocycles. The van der Waals surface area contributed by atoms with E-state index in [0.717, 1.165) is 22.2 Å².